The van der Waals surface area contributed by atoms with Crippen LogP contribution in [0.3, 0.4) is 0 Å². The molecule has 2 aliphatic heterocycles. The van der Waals surface area contributed by atoms with Gasteiger partial charge in [-0.1, -0.05) is 121 Å². The summed E-state index contributed by atoms with van der Waals surface area (Å²) in [6.45, 7) is 1.13. The molecule has 0 aromatic heterocycles. The van der Waals surface area contributed by atoms with E-state index < -0.39 is 0 Å². The van der Waals surface area contributed by atoms with Crippen LogP contribution in [-0.4, -0.2) is 37.1 Å². The van der Waals surface area contributed by atoms with Crippen LogP contribution in [-0.2, 0) is 22.3 Å². The average molecular weight is 573 g/mol. The average Bonchev–Trinajstić information content (AvgIpc) is 3.74. The van der Waals surface area contributed by atoms with Crippen molar-refractivity contribution in [3.63, 3.8) is 0 Å². The monoisotopic (exact) mass is 572 g/mol. The number of rotatable bonds is 7. The number of fused-ring (bicyclic) bond motifs is 2. The van der Waals surface area contributed by atoms with Crippen LogP contribution in [0.1, 0.15) is 22.3 Å². The maximum absolute atomic E-state index is 6.38. The van der Waals surface area contributed by atoms with E-state index in [1.165, 1.54) is 21.9 Å². The van der Waals surface area contributed by atoms with Crippen molar-refractivity contribution in [1.82, 2.24) is 0 Å². The highest BCUT2D eigenvalue weighted by Gasteiger charge is 2.29. The van der Waals surface area contributed by atoms with Crippen LogP contribution in [0.5, 0.6) is 0 Å². The zero-order valence-electron chi connectivity index (χ0n) is 24.4. The first-order valence-electron chi connectivity index (χ1n) is 15.3. The second-order valence-corrected chi connectivity index (χ2v) is 11.6. The summed E-state index contributed by atoms with van der Waals surface area (Å²) < 4.78 is 12.8. The minimum Gasteiger partial charge on any atom is -0.475 e. The van der Waals surface area contributed by atoms with Gasteiger partial charge in [0.1, 0.15) is 13.2 Å². The van der Waals surface area contributed by atoms with Gasteiger partial charge in [0, 0.05) is 22.3 Å². The topological polar surface area (TPSA) is 43.2 Å². The molecule has 2 aliphatic rings. The Morgan fingerprint density at radius 1 is 0.455 bits per heavy atom. The molecule has 0 saturated heterocycles. The van der Waals surface area contributed by atoms with E-state index in [9.17, 15) is 0 Å². The number of ether oxygens (including phenoxy) is 2. The van der Waals surface area contributed by atoms with Gasteiger partial charge in [0.25, 0.3) is 0 Å². The van der Waals surface area contributed by atoms with Crippen molar-refractivity contribution in [3.8, 4) is 11.1 Å². The predicted octanol–water partition coefficient (Wildman–Crippen LogP) is 8.44. The van der Waals surface area contributed by atoms with Crippen LogP contribution in [0.15, 0.2) is 143 Å². The second-order valence-electron chi connectivity index (χ2n) is 11.6. The number of benzene rings is 6. The van der Waals surface area contributed by atoms with Gasteiger partial charge in [0.2, 0.25) is 11.8 Å². The van der Waals surface area contributed by atoms with Crippen molar-refractivity contribution >= 4 is 33.3 Å². The Morgan fingerprint density at radius 3 is 1.32 bits per heavy atom. The van der Waals surface area contributed by atoms with Gasteiger partial charge in [-0.15, -0.1) is 0 Å². The third-order valence-electron chi connectivity index (χ3n) is 8.62. The van der Waals surface area contributed by atoms with Crippen LogP contribution in [0.4, 0.5) is 0 Å². The molecule has 0 amide bonds. The molecule has 2 atom stereocenters. The lowest BCUT2D eigenvalue weighted by atomic mass is 9.87. The van der Waals surface area contributed by atoms with Crippen LogP contribution in [0.2, 0.25) is 0 Å². The molecule has 2 heterocycles. The molecule has 0 bridgehead atoms. The lowest BCUT2D eigenvalue weighted by Gasteiger charge is -2.19. The van der Waals surface area contributed by atoms with Crippen molar-refractivity contribution in [3.05, 3.63) is 156 Å². The van der Waals surface area contributed by atoms with Crippen molar-refractivity contribution in [1.29, 1.82) is 0 Å². The van der Waals surface area contributed by atoms with Crippen molar-refractivity contribution in [2.24, 2.45) is 9.98 Å². The molecule has 0 spiro atoms. The zero-order chi connectivity index (χ0) is 29.3. The third kappa shape index (κ3) is 5.03. The SMILES string of the molecule is c1ccc(CC2COC(c3ccc4ccccc4c3-c3c(C4=NC(Cc5ccccc5)CO4)ccc4ccccc34)=N2)cc1. The Kier molecular flexibility index (Phi) is 6.88. The normalized spacial score (nSPS) is 17.7. The molecule has 4 heteroatoms. The minimum absolute atomic E-state index is 0.0694. The van der Waals surface area contributed by atoms with Crippen molar-refractivity contribution in [2.75, 3.05) is 13.2 Å². The third-order valence-corrected chi connectivity index (χ3v) is 8.62. The summed E-state index contributed by atoms with van der Waals surface area (Å²) in [6.07, 6.45) is 1.69. The number of aliphatic imine (C=N–C) groups is 2. The quantitative estimate of drug-likeness (QED) is 0.193. The Labute approximate surface area is 257 Å². The molecular weight excluding hydrogens is 540 g/mol. The van der Waals surface area contributed by atoms with E-state index in [1.807, 2.05) is 0 Å². The largest absolute Gasteiger partial charge is 0.475 e. The summed E-state index contributed by atoms with van der Waals surface area (Å²) in [5.74, 6) is 1.39. The highest BCUT2D eigenvalue weighted by atomic mass is 16.5. The van der Waals surface area contributed by atoms with Gasteiger partial charge in [-0.05, 0) is 57.6 Å². The van der Waals surface area contributed by atoms with E-state index >= 15 is 0 Å². The van der Waals surface area contributed by atoms with E-state index in [1.54, 1.807) is 0 Å². The molecule has 0 aliphatic carbocycles. The molecule has 0 radical (unpaired) electrons. The predicted molar refractivity (Wildman–Crippen MR) is 180 cm³/mol. The first kappa shape index (κ1) is 26.4. The molecule has 4 nitrogen and oxygen atoms in total. The highest BCUT2D eigenvalue weighted by molar-refractivity contribution is 6.19. The summed E-state index contributed by atoms with van der Waals surface area (Å²) in [4.78, 5) is 10.3. The molecule has 6 aromatic rings. The summed E-state index contributed by atoms with van der Waals surface area (Å²) >= 11 is 0. The van der Waals surface area contributed by atoms with Gasteiger partial charge < -0.3 is 9.47 Å². The first-order valence-corrected chi connectivity index (χ1v) is 15.3. The Balaban J connectivity index is 1.29. The van der Waals surface area contributed by atoms with Crippen LogP contribution in [0, 0.1) is 0 Å². The summed E-state index contributed by atoms with van der Waals surface area (Å²) in [7, 11) is 0. The van der Waals surface area contributed by atoms with Gasteiger partial charge in [0.05, 0.1) is 12.1 Å². The lowest BCUT2D eigenvalue weighted by Crippen LogP contribution is -2.10. The second kappa shape index (κ2) is 11.5. The zero-order valence-corrected chi connectivity index (χ0v) is 24.4. The molecule has 44 heavy (non-hydrogen) atoms. The Bertz CT molecular complexity index is 1880. The standard InChI is InChI=1S/C40H32N2O2/c1-3-11-27(12-4-1)23-31-25-43-39(41-31)35-21-19-29-15-7-9-17-33(29)37(35)38-34-18-10-8-16-30(34)20-22-36(38)40-42-32(26-44-40)24-28-13-5-2-6-14-28/h1-22,31-32H,23-26H2. The van der Waals surface area contributed by atoms with E-state index in [2.05, 4.69) is 133 Å². The van der Waals surface area contributed by atoms with Gasteiger partial charge in [-0.2, -0.15) is 0 Å². The summed E-state index contributed by atoms with van der Waals surface area (Å²) in [5.41, 5.74) is 6.73. The summed E-state index contributed by atoms with van der Waals surface area (Å²) in [6, 6.07) is 47.0. The van der Waals surface area contributed by atoms with E-state index in [-0.39, 0.29) is 12.1 Å². The maximum atomic E-state index is 6.38. The Hall–Kier alpha value is -5.22. The van der Waals surface area contributed by atoms with Crippen molar-refractivity contribution < 1.29 is 9.47 Å². The smallest absolute Gasteiger partial charge is 0.217 e. The molecule has 2 unspecified atom stereocenters. The molecular formula is C40H32N2O2. The fourth-order valence-electron chi connectivity index (χ4n) is 6.55. The number of nitrogens with zero attached hydrogens (tertiary/aromatic N) is 2. The van der Waals surface area contributed by atoms with Crippen molar-refractivity contribution in [2.45, 2.75) is 24.9 Å². The van der Waals surface area contributed by atoms with E-state index in [4.69, 9.17) is 19.5 Å². The first-order chi connectivity index (χ1) is 21.8. The van der Waals surface area contributed by atoms with Gasteiger partial charge in [-0.3, -0.25) is 0 Å². The Morgan fingerprint density at radius 2 is 0.864 bits per heavy atom. The fraction of sp³-hybridized carbons (Fsp3) is 0.150. The van der Waals surface area contributed by atoms with Gasteiger partial charge >= 0.3 is 0 Å². The minimum atomic E-state index is 0.0694. The fourth-order valence-corrected chi connectivity index (χ4v) is 6.55. The van der Waals surface area contributed by atoms with Crippen LogP contribution < -0.4 is 0 Å². The van der Waals surface area contributed by atoms with E-state index in [0.29, 0.717) is 25.0 Å². The molecule has 6 aromatic carbocycles. The summed E-state index contributed by atoms with van der Waals surface area (Å²) in [5, 5.41) is 4.64. The number of hydrogen-bond acceptors (Lipinski definition) is 4. The molecule has 214 valence electrons. The van der Waals surface area contributed by atoms with Crippen LogP contribution in [0.25, 0.3) is 32.7 Å². The van der Waals surface area contributed by atoms with E-state index in [0.717, 1.165) is 45.9 Å². The molecule has 0 saturated carbocycles. The highest BCUT2D eigenvalue weighted by Crippen LogP contribution is 2.41. The van der Waals surface area contributed by atoms with Crippen LogP contribution >= 0.6 is 0 Å². The molecule has 0 N–H and O–H groups in total. The van der Waals surface area contributed by atoms with Gasteiger partial charge in [0.15, 0.2) is 0 Å². The van der Waals surface area contributed by atoms with Gasteiger partial charge in [-0.25, -0.2) is 9.98 Å². The lowest BCUT2D eigenvalue weighted by molar-refractivity contribution is 0.316. The molecule has 0 fully saturated rings. The number of hydrogen-bond donors (Lipinski definition) is 0. The molecule has 8 rings (SSSR count). The maximum Gasteiger partial charge on any atom is 0.217 e.